The normalized spacial score (nSPS) is 10.5. The molecule has 0 aliphatic heterocycles. The molecule has 0 atom stereocenters. The van der Waals surface area contributed by atoms with Crippen LogP contribution in [0.5, 0.6) is 5.75 Å². The molecule has 2 nitrogen and oxygen atoms in total. The first-order valence-corrected chi connectivity index (χ1v) is 6.30. The highest BCUT2D eigenvalue weighted by atomic mass is 79.9. The van der Waals surface area contributed by atoms with E-state index in [-0.39, 0.29) is 6.10 Å². The Morgan fingerprint density at radius 2 is 2.25 bits per heavy atom. The highest BCUT2D eigenvalue weighted by molar-refractivity contribution is 9.10. The van der Waals surface area contributed by atoms with Crippen molar-refractivity contribution in [1.29, 1.82) is 0 Å². The SMILES string of the molecule is C=CC[NH2+]Cc1cc(Br)ccc1OC(C)C. The van der Waals surface area contributed by atoms with Crippen LogP contribution in [0, 0.1) is 0 Å². The molecule has 0 aromatic heterocycles. The van der Waals surface area contributed by atoms with Gasteiger partial charge in [0.15, 0.2) is 0 Å². The molecule has 0 saturated heterocycles. The minimum atomic E-state index is 0.208. The molecule has 0 aliphatic carbocycles. The molecular weight excluding hydrogens is 266 g/mol. The van der Waals surface area contributed by atoms with Gasteiger partial charge in [0.2, 0.25) is 0 Å². The van der Waals surface area contributed by atoms with Gasteiger partial charge in [-0.3, -0.25) is 0 Å². The van der Waals surface area contributed by atoms with E-state index in [2.05, 4.69) is 33.9 Å². The van der Waals surface area contributed by atoms with Crippen LogP contribution < -0.4 is 10.1 Å². The molecule has 1 rings (SSSR count). The van der Waals surface area contributed by atoms with Gasteiger partial charge in [-0.2, -0.15) is 0 Å². The van der Waals surface area contributed by atoms with E-state index in [0.717, 1.165) is 23.3 Å². The summed E-state index contributed by atoms with van der Waals surface area (Å²) in [6.45, 7) is 9.62. The summed E-state index contributed by atoms with van der Waals surface area (Å²) in [6.07, 6.45) is 2.11. The van der Waals surface area contributed by atoms with E-state index in [1.54, 1.807) is 0 Å². The van der Waals surface area contributed by atoms with Gasteiger partial charge in [-0.25, -0.2) is 0 Å². The van der Waals surface area contributed by atoms with Crippen molar-refractivity contribution >= 4 is 15.9 Å². The standard InChI is InChI=1S/C13H18BrNO/c1-4-7-15-9-11-8-12(14)5-6-13(11)16-10(2)3/h4-6,8,10,15H,1,7,9H2,2-3H3/p+1. The number of halogens is 1. The Labute approximate surface area is 106 Å². The van der Waals surface area contributed by atoms with Crippen LogP contribution in [0.15, 0.2) is 35.3 Å². The Balaban J connectivity index is 2.76. The van der Waals surface area contributed by atoms with Gasteiger partial charge in [0.1, 0.15) is 12.3 Å². The Bertz CT molecular complexity index is 350. The molecule has 0 bridgehead atoms. The fraction of sp³-hybridized carbons (Fsp3) is 0.385. The van der Waals surface area contributed by atoms with Crippen molar-refractivity contribution in [3.63, 3.8) is 0 Å². The largest absolute Gasteiger partial charge is 0.490 e. The number of rotatable bonds is 6. The molecular formula is C13H19BrNO+. The lowest BCUT2D eigenvalue weighted by Crippen LogP contribution is -2.82. The van der Waals surface area contributed by atoms with Crippen LogP contribution in [-0.4, -0.2) is 12.6 Å². The van der Waals surface area contributed by atoms with Crippen LogP contribution in [0.3, 0.4) is 0 Å². The summed E-state index contributed by atoms with van der Waals surface area (Å²) in [6, 6.07) is 6.13. The average Bonchev–Trinajstić information content (AvgIpc) is 2.22. The lowest BCUT2D eigenvalue weighted by Gasteiger charge is -2.13. The predicted molar refractivity (Wildman–Crippen MR) is 70.6 cm³/mol. The van der Waals surface area contributed by atoms with E-state index in [1.807, 2.05) is 32.1 Å². The monoisotopic (exact) mass is 284 g/mol. The molecule has 1 aromatic carbocycles. The van der Waals surface area contributed by atoms with Gasteiger partial charge in [-0.05, 0) is 38.1 Å². The third kappa shape index (κ3) is 4.37. The van der Waals surface area contributed by atoms with Gasteiger partial charge in [-0.1, -0.05) is 22.5 Å². The first-order chi connectivity index (χ1) is 7.63. The molecule has 88 valence electrons. The van der Waals surface area contributed by atoms with Gasteiger partial charge in [0.05, 0.1) is 12.6 Å². The van der Waals surface area contributed by atoms with Gasteiger partial charge in [-0.15, -0.1) is 0 Å². The molecule has 3 heteroatoms. The Morgan fingerprint density at radius 3 is 2.88 bits per heavy atom. The molecule has 0 radical (unpaired) electrons. The number of ether oxygens (including phenoxy) is 1. The van der Waals surface area contributed by atoms with Crippen LogP contribution in [-0.2, 0) is 6.54 Å². The molecule has 16 heavy (non-hydrogen) atoms. The fourth-order valence-electron chi connectivity index (χ4n) is 1.43. The van der Waals surface area contributed by atoms with Gasteiger partial charge < -0.3 is 10.1 Å². The van der Waals surface area contributed by atoms with Crippen LogP contribution >= 0.6 is 15.9 Å². The third-order valence-electron chi connectivity index (χ3n) is 2.08. The highest BCUT2D eigenvalue weighted by Crippen LogP contribution is 2.23. The topological polar surface area (TPSA) is 25.8 Å². The number of quaternary nitrogens is 1. The van der Waals surface area contributed by atoms with Crippen molar-refractivity contribution in [3.05, 3.63) is 40.9 Å². The first-order valence-electron chi connectivity index (χ1n) is 5.51. The second kappa shape index (κ2) is 6.71. The van der Waals surface area contributed by atoms with Gasteiger partial charge in [0.25, 0.3) is 0 Å². The smallest absolute Gasteiger partial charge is 0.128 e. The lowest BCUT2D eigenvalue weighted by molar-refractivity contribution is -0.662. The summed E-state index contributed by atoms with van der Waals surface area (Å²) < 4.78 is 6.85. The number of hydrogen-bond donors (Lipinski definition) is 1. The zero-order chi connectivity index (χ0) is 12.0. The van der Waals surface area contributed by atoms with E-state index in [4.69, 9.17) is 4.74 Å². The summed E-state index contributed by atoms with van der Waals surface area (Å²) in [4.78, 5) is 0. The molecule has 0 fully saturated rings. The Morgan fingerprint density at radius 1 is 1.50 bits per heavy atom. The second-order valence-corrected chi connectivity index (χ2v) is 4.85. The second-order valence-electron chi connectivity index (χ2n) is 3.94. The minimum Gasteiger partial charge on any atom is -0.490 e. The quantitative estimate of drug-likeness (QED) is 0.630. The van der Waals surface area contributed by atoms with Crippen molar-refractivity contribution in [2.75, 3.05) is 6.54 Å². The van der Waals surface area contributed by atoms with E-state index < -0.39 is 0 Å². The van der Waals surface area contributed by atoms with Crippen molar-refractivity contribution in [2.45, 2.75) is 26.5 Å². The van der Waals surface area contributed by atoms with E-state index in [1.165, 1.54) is 5.56 Å². The van der Waals surface area contributed by atoms with E-state index in [9.17, 15) is 0 Å². The minimum absolute atomic E-state index is 0.208. The van der Waals surface area contributed by atoms with E-state index >= 15 is 0 Å². The predicted octanol–water partition coefficient (Wildman–Crippen LogP) is 2.49. The molecule has 0 saturated carbocycles. The summed E-state index contributed by atoms with van der Waals surface area (Å²) in [5, 5.41) is 2.20. The molecule has 1 aromatic rings. The van der Waals surface area contributed by atoms with Crippen molar-refractivity contribution in [3.8, 4) is 5.75 Å². The Hall–Kier alpha value is -0.800. The fourth-order valence-corrected chi connectivity index (χ4v) is 1.84. The lowest BCUT2D eigenvalue weighted by atomic mass is 10.2. The molecule has 2 N–H and O–H groups in total. The van der Waals surface area contributed by atoms with Crippen molar-refractivity contribution in [1.82, 2.24) is 0 Å². The molecule has 0 aliphatic rings. The maximum Gasteiger partial charge on any atom is 0.128 e. The zero-order valence-corrected chi connectivity index (χ0v) is 11.5. The number of benzene rings is 1. The van der Waals surface area contributed by atoms with Crippen molar-refractivity contribution < 1.29 is 10.1 Å². The molecule has 0 unspecified atom stereocenters. The molecule has 0 amide bonds. The molecule has 0 spiro atoms. The first kappa shape index (κ1) is 13.3. The summed E-state index contributed by atoms with van der Waals surface area (Å²) in [7, 11) is 0. The maximum absolute atomic E-state index is 5.76. The highest BCUT2D eigenvalue weighted by Gasteiger charge is 2.07. The number of nitrogens with two attached hydrogens (primary N) is 1. The third-order valence-corrected chi connectivity index (χ3v) is 2.58. The zero-order valence-electron chi connectivity index (χ0n) is 9.87. The summed E-state index contributed by atoms with van der Waals surface area (Å²) in [5.74, 6) is 0.971. The maximum atomic E-state index is 5.76. The van der Waals surface area contributed by atoms with Crippen LogP contribution in [0.1, 0.15) is 19.4 Å². The number of hydrogen-bond acceptors (Lipinski definition) is 1. The van der Waals surface area contributed by atoms with E-state index in [0.29, 0.717) is 0 Å². The average molecular weight is 285 g/mol. The Kier molecular flexibility index (Phi) is 5.56. The summed E-state index contributed by atoms with van der Waals surface area (Å²) >= 11 is 3.48. The van der Waals surface area contributed by atoms with Gasteiger partial charge >= 0.3 is 0 Å². The van der Waals surface area contributed by atoms with Gasteiger partial charge in [0, 0.05) is 10.0 Å². The summed E-state index contributed by atoms with van der Waals surface area (Å²) in [5.41, 5.74) is 1.21. The van der Waals surface area contributed by atoms with Crippen LogP contribution in [0.4, 0.5) is 0 Å². The molecule has 0 heterocycles. The van der Waals surface area contributed by atoms with Crippen molar-refractivity contribution in [2.24, 2.45) is 0 Å². The van der Waals surface area contributed by atoms with Crippen LogP contribution in [0.2, 0.25) is 0 Å². The van der Waals surface area contributed by atoms with Crippen LogP contribution in [0.25, 0.3) is 0 Å².